The van der Waals surface area contributed by atoms with Gasteiger partial charge in [0.25, 0.3) is 0 Å². The van der Waals surface area contributed by atoms with Crippen molar-refractivity contribution in [2.75, 3.05) is 18.0 Å². The van der Waals surface area contributed by atoms with E-state index in [-0.39, 0.29) is 24.6 Å². The smallest absolute Gasteiger partial charge is 0.414 e. The summed E-state index contributed by atoms with van der Waals surface area (Å²) in [7, 11) is 0. The largest absolute Gasteiger partial charge is 0.459 e. The van der Waals surface area contributed by atoms with Crippen LogP contribution in [0.25, 0.3) is 0 Å². The molecule has 152 valence electrons. The zero-order valence-electron chi connectivity index (χ0n) is 16.5. The van der Waals surface area contributed by atoms with Crippen LogP contribution in [0.1, 0.15) is 46.1 Å². The average Bonchev–Trinajstić information content (AvgIpc) is 3.29. The molecule has 2 fully saturated rings. The van der Waals surface area contributed by atoms with Crippen molar-refractivity contribution in [1.29, 1.82) is 0 Å². The highest BCUT2D eigenvalue weighted by molar-refractivity contribution is 5.91. The van der Waals surface area contributed by atoms with Crippen molar-refractivity contribution in [1.82, 2.24) is 5.32 Å². The van der Waals surface area contributed by atoms with Gasteiger partial charge in [0.2, 0.25) is 5.91 Å². The molecule has 1 aromatic rings. The van der Waals surface area contributed by atoms with Crippen LogP contribution in [0.5, 0.6) is 0 Å². The molecule has 1 aliphatic carbocycles. The Kier molecular flexibility index (Phi) is 5.08. The van der Waals surface area contributed by atoms with Crippen LogP contribution in [-0.2, 0) is 24.5 Å². The Bertz CT molecular complexity index is 813. The lowest BCUT2D eigenvalue weighted by Gasteiger charge is -2.24. The molecule has 0 bridgehead atoms. The van der Waals surface area contributed by atoms with Crippen LogP contribution in [0.2, 0.25) is 0 Å². The highest BCUT2D eigenvalue weighted by atomic mass is 19.1. The number of ether oxygens (including phenoxy) is 2. The number of amides is 2. The predicted octanol–water partition coefficient (Wildman–Crippen LogP) is 2.66. The number of rotatable bonds is 5. The van der Waals surface area contributed by atoms with E-state index < -0.39 is 35.0 Å². The molecule has 0 aromatic heterocycles. The summed E-state index contributed by atoms with van der Waals surface area (Å²) in [6.45, 7) is 7.10. The molecule has 1 aliphatic heterocycles. The number of nitrogens with one attached hydrogen (secondary N) is 1. The minimum atomic E-state index is -0.949. The van der Waals surface area contributed by atoms with Crippen molar-refractivity contribution in [3.05, 3.63) is 29.6 Å². The van der Waals surface area contributed by atoms with Gasteiger partial charge in [-0.15, -0.1) is 0 Å². The number of cyclic esters (lactones) is 1. The molecule has 0 radical (unpaired) electrons. The Morgan fingerprint density at radius 3 is 2.57 bits per heavy atom. The Morgan fingerprint density at radius 1 is 1.36 bits per heavy atom. The summed E-state index contributed by atoms with van der Waals surface area (Å²) in [5.41, 5.74) is -0.967. The summed E-state index contributed by atoms with van der Waals surface area (Å²) in [4.78, 5) is 37.0. The SMILES string of the molecule is CC(=O)NC[C@H]1CN(c2ccc(C3(C(=O)OC(C)(C)C)CC3)c(F)c2)C(=O)O1. The molecule has 1 N–H and O–H groups in total. The molecule has 7 nitrogen and oxygen atoms in total. The number of hydrogen-bond acceptors (Lipinski definition) is 5. The average molecular weight is 392 g/mol. The van der Waals surface area contributed by atoms with Crippen LogP contribution in [-0.4, -0.2) is 42.8 Å². The second-order valence-electron chi connectivity index (χ2n) is 8.30. The van der Waals surface area contributed by atoms with Gasteiger partial charge in [-0.2, -0.15) is 0 Å². The third-order valence-electron chi connectivity index (χ3n) is 4.77. The Morgan fingerprint density at radius 2 is 2.04 bits per heavy atom. The summed E-state index contributed by atoms with van der Waals surface area (Å²) in [6, 6.07) is 4.38. The van der Waals surface area contributed by atoms with Gasteiger partial charge in [0, 0.05) is 12.5 Å². The molecule has 1 saturated heterocycles. The number of esters is 1. The Hall–Kier alpha value is -2.64. The monoisotopic (exact) mass is 392 g/mol. The molecule has 2 aliphatic rings. The second kappa shape index (κ2) is 7.07. The van der Waals surface area contributed by atoms with Gasteiger partial charge in [0.05, 0.1) is 24.2 Å². The molecule has 3 rings (SSSR count). The van der Waals surface area contributed by atoms with Crippen molar-refractivity contribution >= 4 is 23.7 Å². The van der Waals surface area contributed by atoms with Gasteiger partial charge < -0.3 is 14.8 Å². The van der Waals surface area contributed by atoms with E-state index in [1.165, 1.54) is 24.0 Å². The summed E-state index contributed by atoms with van der Waals surface area (Å²) in [6.07, 6.45) is -0.0442. The molecule has 1 saturated carbocycles. The number of halogens is 1. The van der Waals surface area contributed by atoms with Gasteiger partial charge in [0.1, 0.15) is 17.5 Å². The lowest BCUT2D eigenvalue weighted by molar-refractivity contribution is -0.158. The summed E-state index contributed by atoms with van der Waals surface area (Å²) < 4.78 is 25.5. The molecule has 28 heavy (non-hydrogen) atoms. The van der Waals surface area contributed by atoms with E-state index in [0.29, 0.717) is 18.5 Å². The molecular weight excluding hydrogens is 367 g/mol. The first-order valence-electron chi connectivity index (χ1n) is 9.28. The highest BCUT2D eigenvalue weighted by Crippen LogP contribution is 2.51. The van der Waals surface area contributed by atoms with E-state index >= 15 is 0 Å². The first kappa shape index (κ1) is 20.1. The fourth-order valence-corrected chi connectivity index (χ4v) is 3.24. The van der Waals surface area contributed by atoms with E-state index in [1.807, 2.05) is 0 Å². The maximum Gasteiger partial charge on any atom is 0.414 e. The van der Waals surface area contributed by atoms with Crippen molar-refractivity contribution in [2.24, 2.45) is 0 Å². The first-order valence-corrected chi connectivity index (χ1v) is 9.28. The van der Waals surface area contributed by atoms with E-state index in [4.69, 9.17) is 9.47 Å². The Labute approximate surface area is 163 Å². The molecule has 1 heterocycles. The van der Waals surface area contributed by atoms with Gasteiger partial charge in [-0.3, -0.25) is 14.5 Å². The predicted molar refractivity (Wildman–Crippen MR) is 99.5 cm³/mol. The molecule has 2 amide bonds. The van der Waals surface area contributed by atoms with Crippen LogP contribution in [0, 0.1) is 5.82 Å². The number of anilines is 1. The van der Waals surface area contributed by atoms with E-state index in [0.717, 1.165) is 0 Å². The normalized spacial score (nSPS) is 20.5. The minimum absolute atomic E-state index is 0.194. The third-order valence-corrected chi connectivity index (χ3v) is 4.77. The van der Waals surface area contributed by atoms with Gasteiger partial charge in [-0.05, 0) is 45.7 Å². The molecule has 1 aromatic carbocycles. The number of benzene rings is 1. The maximum atomic E-state index is 14.9. The van der Waals surface area contributed by atoms with Crippen LogP contribution in [0.3, 0.4) is 0 Å². The van der Waals surface area contributed by atoms with E-state index in [2.05, 4.69) is 5.32 Å². The zero-order valence-corrected chi connectivity index (χ0v) is 16.5. The van der Waals surface area contributed by atoms with E-state index in [1.54, 1.807) is 26.8 Å². The zero-order chi connectivity index (χ0) is 20.7. The fraction of sp³-hybridized carbons (Fsp3) is 0.550. The minimum Gasteiger partial charge on any atom is -0.459 e. The molecule has 0 spiro atoms. The molecule has 1 atom stereocenters. The fourth-order valence-electron chi connectivity index (χ4n) is 3.24. The van der Waals surface area contributed by atoms with Gasteiger partial charge >= 0.3 is 12.1 Å². The topological polar surface area (TPSA) is 84.9 Å². The Balaban J connectivity index is 1.75. The lowest BCUT2D eigenvalue weighted by Crippen LogP contribution is -2.33. The van der Waals surface area contributed by atoms with Gasteiger partial charge in [-0.1, -0.05) is 6.07 Å². The molecular formula is C20H25FN2O5. The first-order chi connectivity index (χ1) is 13.0. The lowest BCUT2D eigenvalue weighted by atomic mass is 9.94. The molecule has 8 heteroatoms. The number of carbonyl (C=O) groups is 3. The van der Waals surface area contributed by atoms with Crippen molar-refractivity contribution in [3.63, 3.8) is 0 Å². The summed E-state index contributed by atoms with van der Waals surface area (Å²) in [5.74, 6) is -1.21. The van der Waals surface area contributed by atoms with Crippen molar-refractivity contribution in [3.8, 4) is 0 Å². The number of nitrogens with zero attached hydrogens (tertiary/aromatic N) is 1. The third kappa shape index (κ3) is 4.10. The van der Waals surface area contributed by atoms with Crippen LogP contribution < -0.4 is 10.2 Å². The standard InChI is InChI=1S/C20H25FN2O5/c1-12(24)22-10-14-11-23(18(26)27-14)13-5-6-15(16(21)9-13)20(7-8-20)17(25)28-19(2,3)4/h5-6,9,14H,7-8,10-11H2,1-4H3,(H,22,24)/t14-/m0/s1. The van der Waals surface area contributed by atoms with Crippen molar-refractivity contribution < 1.29 is 28.2 Å². The van der Waals surface area contributed by atoms with Crippen molar-refractivity contribution in [2.45, 2.75) is 57.7 Å². The number of hydrogen-bond donors (Lipinski definition) is 1. The summed E-state index contributed by atoms with van der Waals surface area (Å²) >= 11 is 0. The van der Waals surface area contributed by atoms with Crippen LogP contribution >= 0.6 is 0 Å². The molecule has 0 unspecified atom stereocenters. The highest BCUT2D eigenvalue weighted by Gasteiger charge is 2.55. The van der Waals surface area contributed by atoms with E-state index in [9.17, 15) is 18.8 Å². The van der Waals surface area contributed by atoms with Gasteiger partial charge in [0.15, 0.2) is 0 Å². The van der Waals surface area contributed by atoms with Gasteiger partial charge in [-0.25, -0.2) is 9.18 Å². The second-order valence-corrected chi connectivity index (χ2v) is 8.30. The maximum absolute atomic E-state index is 14.9. The van der Waals surface area contributed by atoms with Crippen LogP contribution in [0.15, 0.2) is 18.2 Å². The quantitative estimate of drug-likeness (QED) is 0.779. The summed E-state index contributed by atoms with van der Waals surface area (Å²) in [5, 5.41) is 2.59. The van der Waals surface area contributed by atoms with Crippen LogP contribution in [0.4, 0.5) is 14.9 Å². The number of carbonyl (C=O) groups excluding carboxylic acids is 3.